The van der Waals surface area contributed by atoms with Crippen molar-refractivity contribution in [1.82, 2.24) is 5.32 Å². The third-order valence-corrected chi connectivity index (χ3v) is 10.7. The molecule has 0 bridgehead atoms. The van der Waals surface area contributed by atoms with Crippen molar-refractivity contribution in [3.05, 3.63) is 130 Å². The molecule has 0 spiro atoms. The number of ether oxygens (including phenoxy) is 4. The van der Waals surface area contributed by atoms with E-state index in [1.807, 2.05) is 6.07 Å². The van der Waals surface area contributed by atoms with Crippen LogP contribution in [-0.4, -0.2) is 62.8 Å². The Morgan fingerprint density at radius 2 is 1.40 bits per heavy atom. The average Bonchev–Trinajstić information content (AvgIpc) is 3.55. The number of carbonyl (C=O) groups excluding carboxylic acids is 5. The zero-order valence-electron chi connectivity index (χ0n) is 32.6. The molecule has 4 aromatic carbocycles. The molecule has 5 aromatic rings. The number of rotatable bonds is 16. The van der Waals surface area contributed by atoms with Crippen molar-refractivity contribution in [1.29, 1.82) is 0 Å². The third kappa shape index (κ3) is 10.6. The van der Waals surface area contributed by atoms with Crippen LogP contribution in [0.25, 0.3) is 6.08 Å². The second-order valence-corrected chi connectivity index (χ2v) is 14.8. The van der Waals surface area contributed by atoms with Crippen molar-refractivity contribution >= 4 is 75.1 Å². The molecular formula is C43H42N4O9S2. The molecule has 15 heteroatoms. The number of esters is 1. The molecule has 1 heterocycles. The van der Waals surface area contributed by atoms with Crippen LogP contribution in [0.1, 0.15) is 55.4 Å². The molecule has 4 N–H and O–H groups in total. The van der Waals surface area contributed by atoms with Crippen molar-refractivity contribution in [3.8, 4) is 17.2 Å². The molecule has 0 aliphatic heterocycles. The van der Waals surface area contributed by atoms with Gasteiger partial charge in [0.25, 0.3) is 17.7 Å². The Labute approximate surface area is 344 Å². The van der Waals surface area contributed by atoms with Gasteiger partial charge in [-0.2, -0.15) is 0 Å². The van der Waals surface area contributed by atoms with Gasteiger partial charge in [-0.15, -0.1) is 23.1 Å². The maximum absolute atomic E-state index is 13.9. The number of thiophene rings is 1. The molecule has 1 atom stereocenters. The highest BCUT2D eigenvalue weighted by Gasteiger charge is 2.28. The summed E-state index contributed by atoms with van der Waals surface area (Å²) in [6.45, 7) is 5.10. The minimum atomic E-state index is -0.689. The van der Waals surface area contributed by atoms with Gasteiger partial charge in [0.05, 0.1) is 43.6 Å². The molecule has 0 aliphatic carbocycles. The van der Waals surface area contributed by atoms with Gasteiger partial charge in [0.1, 0.15) is 10.7 Å². The van der Waals surface area contributed by atoms with Gasteiger partial charge in [-0.05, 0) is 92.6 Å². The fourth-order valence-electron chi connectivity index (χ4n) is 5.59. The number of hydrogen-bond acceptors (Lipinski definition) is 11. The van der Waals surface area contributed by atoms with E-state index < -0.39 is 34.8 Å². The Balaban J connectivity index is 1.35. The number of hydrogen-bond donors (Lipinski definition) is 4. The molecule has 4 amide bonds. The summed E-state index contributed by atoms with van der Waals surface area (Å²) in [4.78, 5) is 67.9. The Hall–Kier alpha value is -6.58. The molecule has 0 saturated carbocycles. The van der Waals surface area contributed by atoms with Gasteiger partial charge in [-0.1, -0.05) is 42.5 Å². The van der Waals surface area contributed by atoms with Crippen molar-refractivity contribution in [3.63, 3.8) is 0 Å². The lowest BCUT2D eigenvalue weighted by molar-refractivity contribution is -0.115. The maximum Gasteiger partial charge on any atom is 0.341 e. The fraction of sp³-hybridized carbons (Fsp3) is 0.186. The second kappa shape index (κ2) is 20.0. The molecule has 0 saturated heterocycles. The van der Waals surface area contributed by atoms with Crippen LogP contribution in [0.4, 0.5) is 16.4 Å². The number of thioether (sulfide) groups is 1. The van der Waals surface area contributed by atoms with Gasteiger partial charge in [-0.25, -0.2) is 4.79 Å². The number of methoxy groups -OCH3 is 3. The van der Waals surface area contributed by atoms with E-state index in [9.17, 15) is 24.0 Å². The monoisotopic (exact) mass is 822 g/mol. The van der Waals surface area contributed by atoms with Crippen LogP contribution in [0.15, 0.2) is 108 Å². The van der Waals surface area contributed by atoms with Crippen LogP contribution in [0.3, 0.4) is 0 Å². The highest BCUT2D eigenvalue weighted by Crippen LogP contribution is 2.39. The predicted octanol–water partition coefficient (Wildman–Crippen LogP) is 8.04. The fourth-order valence-corrected chi connectivity index (χ4v) is 7.61. The largest absolute Gasteiger partial charge is 0.493 e. The predicted molar refractivity (Wildman–Crippen MR) is 226 cm³/mol. The molecule has 0 fully saturated rings. The van der Waals surface area contributed by atoms with Crippen LogP contribution in [-0.2, 0) is 14.3 Å². The number of para-hydroxylation sites is 1. The van der Waals surface area contributed by atoms with Gasteiger partial charge < -0.3 is 40.2 Å². The third-order valence-electron chi connectivity index (χ3n) is 8.40. The van der Waals surface area contributed by atoms with Crippen LogP contribution in [0, 0.1) is 6.92 Å². The van der Waals surface area contributed by atoms with Gasteiger partial charge >= 0.3 is 5.97 Å². The highest BCUT2D eigenvalue weighted by atomic mass is 32.2. The van der Waals surface area contributed by atoms with Gasteiger partial charge in [0.2, 0.25) is 11.7 Å². The molecule has 0 aliphatic rings. The van der Waals surface area contributed by atoms with Crippen LogP contribution < -0.4 is 35.5 Å². The van der Waals surface area contributed by atoms with Crippen LogP contribution >= 0.6 is 23.1 Å². The van der Waals surface area contributed by atoms with E-state index in [0.29, 0.717) is 50.2 Å². The minimum Gasteiger partial charge on any atom is -0.493 e. The van der Waals surface area contributed by atoms with E-state index in [1.165, 1.54) is 39.2 Å². The Bertz CT molecular complexity index is 2300. The van der Waals surface area contributed by atoms with Crippen LogP contribution in [0.5, 0.6) is 17.2 Å². The Morgan fingerprint density at radius 3 is 2.02 bits per heavy atom. The highest BCUT2D eigenvalue weighted by molar-refractivity contribution is 8.00. The zero-order valence-corrected chi connectivity index (χ0v) is 34.2. The van der Waals surface area contributed by atoms with Crippen molar-refractivity contribution in [2.75, 3.05) is 43.9 Å². The van der Waals surface area contributed by atoms with Crippen molar-refractivity contribution < 1.29 is 42.9 Å². The number of nitrogens with one attached hydrogen (secondary N) is 4. The summed E-state index contributed by atoms with van der Waals surface area (Å²) in [5.41, 5.74) is 2.21. The minimum absolute atomic E-state index is 0.0746. The van der Waals surface area contributed by atoms with Gasteiger partial charge in [0, 0.05) is 21.8 Å². The molecule has 300 valence electrons. The molecule has 1 unspecified atom stereocenters. The SMILES string of the molecule is CCOC(=O)c1c(NC(=O)C(C)Sc2cccc(NC(=O)/C(=C\c3cc(OC)c(OC)c(OC)c3)NC(=O)c3ccccc3)c2)sc(C(=O)Nc2ccccc2)c1C. The standard InChI is InChI=1S/C43H42N4O9S2/c1-7-56-43(52)35-25(2)37(41(51)44-29-17-12-9-13-18-29)58-42(35)47-38(48)26(3)57-31-20-14-19-30(24-31)45-40(50)32(46-39(49)28-15-10-8-11-16-28)21-27-22-33(53-4)36(55-6)34(23-27)54-5/h8-24,26H,7H2,1-6H3,(H,44,51)(H,45,50)(H,46,49)(H,47,48)/b32-21+. The van der Waals surface area contributed by atoms with E-state index in [2.05, 4.69) is 21.3 Å². The topological polar surface area (TPSA) is 170 Å². The van der Waals surface area contributed by atoms with Crippen molar-refractivity contribution in [2.45, 2.75) is 30.9 Å². The first kappa shape index (κ1) is 42.6. The van der Waals surface area contributed by atoms with E-state index in [1.54, 1.807) is 112 Å². The number of anilines is 3. The van der Waals surface area contributed by atoms with Crippen molar-refractivity contribution in [2.24, 2.45) is 0 Å². The molecule has 0 radical (unpaired) electrons. The Kier molecular flexibility index (Phi) is 14.7. The lowest BCUT2D eigenvalue weighted by Gasteiger charge is -2.15. The summed E-state index contributed by atoms with van der Waals surface area (Å²) in [7, 11) is 4.42. The smallest absolute Gasteiger partial charge is 0.341 e. The summed E-state index contributed by atoms with van der Waals surface area (Å²) >= 11 is 2.19. The molecule has 58 heavy (non-hydrogen) atoms. The van der Waals surface area contributed by atoms with E-state index in [-0.39, 0.29) is 27.7 Å². The average molecular weight is 823 g/mol. The normalized spacial score (nSPS) is 11.4. The second-order valence-electron chi connectivity index (χ2n) is 12.4. The zero-order chi connectivity index (χ0) is 41.8. The quantitative estimate of drug-likeness (QED) is 0.0434. The summed E-state index contributed by atoms with van der Waals surface area (Å²) in [6, 6.07) is 27.5. The Morgan fingerprint density at radius 1 is 0.759 bits per heavy atom. The summed E-state index contributed by atoms with van der Waals surface area (Å²) in [6.07, 6.45) is 1.49. The lowest BCUT2D eigenvalue weighted by atomic mass is 10.1. The molecular weight excluding hydrogens is 781 g/mol. The lowest BCUT2D eigenvalue weighted by Crippen LogP contribution is -2.30. The van der Waals surface area contributed by atoms with E-state index >= 15 is 0 Å². The number of carbonyl (C=O) groups is 5. The van der Waals surface area contributed by atoms with Gasteiger partial charge in [0.15, 0.2) is 11.5 Å². The first-order valence-corrected chi connectivity index (χ1v) is 19.6. The number of benzene rings is 4. The molecule has 13 nitrogen and oxygen atoms in total. The molecule has 1 aromatic heterocycles. The summed E-state index contributed by atoms with van der Waals surface area (Å²) in [5.74, 6) is -1.59. The van der Waals surface area contributed by atoms with Crippen LogP contribution in [0.2, 0.25) is 0 Å². The maximum atomic E-state index is 13.9. The van der Waals surface area contributed by atoms with Gasteiger partial charge in [-0.3, -0.25) is 19.2 Å². The summed E-state index contributed by atoms with van der Waals surface area (Å²) in [5, 5.41) is 10.7. The number of amides is 4. The van der Waals surface area contributed by atoms with E-state index in [0.717, 1.165) is 11.3 Å². The first-order valence-electron chi connectivity index (χ1n) is 17.9. The first-order chi connectivity index (χ1) is 28.0. The molecule has 5 rings (SSSR count). The summed E-state index contributed by atoms with van der Waals surface area (Å²) < 4.78 is 21.6. The van der Waals surface area contributed by atoms with E-state index in [4.69, 9.17) is 18.9 Å².